The summed E-state index contributed by atoms with van der Waals surface area (Å²) in [5.74, 6) is 27.7. The molecule has 4 heterocycles. The number of rotatable bonds is 18. The Morgan fingerprint density at radius 2 is 0.648 bits per heavy atom. The minimum atomic E-state index is -0.107. The van der Waals surface area contributed by atoms with E-state index in [-0.39, 0.29) is 83.2 Å². The fourth-order valence-corrected chi connectivity index (χ4v) is 32.4. The molecule has 10 nitrogen and oxygen atoms in total. The number of carbonyl (C=O) groups excluding carboxylic acids is 4. The van der Waals surface area contributed by atoms with E-state index in [9.17, 15) is 19.2 Å². The molecule has 0 aromatic carbocycles. The van der Waals surface area contributed by atoms with E-state index in [2.05, 4.69) is 96.9 Å². The normalized spacial score (nSPS) is 48.6. The maximum absolute atomic E-state index is 13.1. The van der Waals surface area contributed by atoms with Crippen molar-refractivity contribution in [2.75, 3.05) is 13.2 Å². The minimum absolute atomic E-state index is 0.0231. The summed E-state index contributed by atoms with van der Waals surface area (Å²) in [7, 11) is 0. The van der Waals surface area contributed by atoms with Crippen molar-refractivity contribution >= 4 is 23.9 Å². The van der Waals surface area contributed by atoms with Crippen LogP contribution in [0.4, 0.5) is 0 Å². The zero-order chi connectivity index (χ0) is 73.9. The van der Waals surface area contributed by atoms with E-state index in [1.807, 2.05) is 0 Å². The first-order valence-corrected chi connectivity index (χ1v) is 47.1. The van der Waals surface area contributed by atoms with Crippen LogP contribution in [0.15, 0.2) is 0 Å². The van der Waals surface area contributed by atoms with Gasteiger partial charge in [0.25, 0.3) is 0 Å². The Morgan fingerprint density at radius 1 is 0.314 bits per heavy atom. The summed E-state index contributed by atoms with van der Waals surface area (Å²) < 4.78 is 34.2. The quantitative estimate of drug-likeness (QED) is 0.0744. The van der Waals surface area contributed by atoms with Gasteiger partial charge in [-0.25, -0.2) is 0 Å². The predicted molar refractivity (Wildman–Crippen MR) is 419 cm³/mol. The molecule has 4 aliphatic heterocycles. The number of hydrogen-bond acceptors (Lipinski definition) is 10. The van der Waals surface area contributed by atoms with Gasteiger partial charge in [0.2, 0.25) is 0 Å². The van der Waals surface area contributed by atoms with Gasteiger partial charge in [-0.05, 0) is 334 Å². The molecule has 36 atom stereocenters. The lowest BCUT2D eigenvalue weighted by Gasteiger charge is -2.43. The Hall–Kier alpha value is -2.20. The summed E-state index contributed by atoms with van der Waals surface area (Å²) in [5, 5.41) is 0. The van der Waals surface area contributed by atoms with Crippen LogP contribution in [0.25, 0.3) is 0 Å². The summed E-state index contributed by atoms with van der Waals surface area (Å²) in [5.41, 5.74) is -0.214. The molecule has 19 aliphatic rings. The van der Waals surface area contributed by atoms with E-state index in [0.717, 1.165) is 172 Å². The fraction of sp³-hybridized carbons (Fsp3) is 0.958. The molecule has 15 saturated carbocycles. The second-order valence-corrected chi connectivity index (χ2v) is 40.1. The van der Waals surface area contributed by atoms with Gasteiger partial charge in [0.1, 0.15) is 11.2 Å². The topological polar surface area (TPSA) is 124 Å². The van der Waals surface area contributed by atoms with Crippen LogP contribution in [0.1, 0.15) is 335 Å². The van der Waals surface area contributed by atoms with Crippen molar-refractivity contribution in [3.05, 3.63) is 0 Å². The van der Waals surface area contributed by atoms with Gasteiger partial charge in [-0.2, -0.15) is 0 Å². The molecule has 10 heteroatoms. The third-order valence-corrected chi connectivity index (χ3v) is 36.9. The molecule has 19 rings (SSSR count). The molecule has 0 radical (unpaired) electrons. The summed E-state index contributed by atoms with van der Waals surface area (Å²) in [6.07, 6.45) is 49.0. The van der Waals surface area contributed by atoms with Crippen LogP contribution in [0, 0.1) is 189 Å². The number of hydrogen-bond donors (Lipinski definition) is 0. The van der Waals surface area contributed by atoms with E-state index in [4.69, 9.17) is 28.4 Å². The van der Waals surface area contributed by atoms with E-state index < -0.39 is 0 Å². The van der Waals surface area contributed by atoms with Crippen molar-refractivity contribution in [3.63, 3.8) is 0 Å². The standard InChI is InChI=1S/2C22H36O2.C19H30.C12H22.2C10H16O3/c2*1-4-14-11-15(5-2)20-17-12-16(19(14)20)13-18(17)21(23)24-22(6-3)9-7-8-10-22;1-3-10-7-11(4-2)17-15-9-14(16(10)17)18-12-5-6-13(8-12)19(15)18;1-3-9-8-10(4-2)12-7-5-6-11(9)12;2*1-3-7-6-5-12-10(11)9(6)8(4-2)13-7/h2*14-20H,4-13H2,1-3H3;10-19H,3-9H2,1-2H3;9-12H,3-8H2,1-2H3;2*6-9H,3-5H2,1-2H3. The van der Waals surface area contributed by atoms with Gasteiger partial charge >= 0.3 is 23.9 Å². The van der Waals surface area contributed by atoms with Crippen LogP contribution in [0.2, 0.25) is 0 Å². The third kappa shape index (κ3) is 14.5. The van der Waals surface area contributed by atoms with Crippen molar-refractivity contribution in [1.82, 2.24) is 0 Å². The van der Waals surface area contributed by atoms with Crippen LogP contribution >= 0.6 is 0 Å². The largest absolute Gasteiger partial charge is 0.465 e. The van der Waals surface area contributed by atoms with Gasteiger partial charge in [0, 0.05) is 11.8 Å². The van der Waals surface area contributed by atoms with E-state index in [0.29, 0.717) is 36.9 Å². The maximum Gasteiger partial charge on any atom is 0.312 e. The van der Waals surface area contributed by atoms with Crippen molar-refractivity contribution in [1.29, 1.82) is 0 Å². The van der Waals surface area contributed by atoms with Crippen LogP contribution < -0.4 is 0 Å². The Morgan fingerprint density at radius 3 is 0.981 bits per heavy atom. The van der Waals surface area contributed by atoms with Crippen molar-refractivity contribution in [2.45, 2.75) is 370 Å². The summed E-state index contributed by atoms with van der Waals surface area (Å²) in [6, 6.07) is 0. The smallest absolute Gasteiger partial charge is 0.312 e. The lowest BCUT2D eigenvalue weighted by molar-refractivity contribution is -0.169. The van der Waals surface area contributed by atoms with Crippen LogP contribution in [0.3, 0.4) is 0 Å². The first kappa shape index (κ1) is 79.4. The SMILES string of the molecule is CCC1CC(CC)C2C3CC(C12)C1C2CCC(C2)C31.CCC1CC(CC)C2C3CC(CC3C(=O)OC3(CC)CCCC3)C12.CCC1CC(CC)C2C3CC(CC3C(=O)OC3(CC)CCCC3)C12.CCC1CC(CC)C2CCCC12.CCC1OC(CC)C2C(=O)OCC12.CCC1OC(CC)C2C(=O)OCC12. The molecular weight excluding hydrogens is 1300 g/mol. The number of ether oxygens (including phenoxy) is 6. The lowest BCUT2D eigenvalue weighted by atomic mass is 9.62. The Labute approximate surface area is 640 Å². The van der Waals surface area contributed by atoms with Gasteiger partial charge < -0.3 is 28.4 Å². The van der Waals surface area contributed by atoms with Crippen molar-refractivity contribution < 1.29 is 47.6 Å². The molecule has 0 aromatic heterocycles. The minimum Gasteiger partial charge on any atom is -0.465 e. The fourth-order valence-electron chi connectivity index (χ4n) is 32.4. The number of cyclic esters (lactones) is 2. The summed E-state index contributed by atoms with van der Waals surface area (Å²) in [4.78, 5) is 48.9. The highest BCUT2D eigenvalue weighted by Crippen LogP contribution is 2.75. The molecule has 0 N–H and O–H groups in total. The first-order valence-electron chi connectivity index (χ1n) is 47.1. The molecule has 36 unspecified atom stereocenters. The molecule has 0 amide bonds. The number of carbonyl (C=O) groups is 4. The molecule has 0 aromatic rings. The third-order valence-electron chi connectivity index (χ3n) is 36.9. The zero-order valence-electron chi connectivity index (χ0n) is 69.4. The van der Waals surface area contributed by atoms with Crippen LogP contribution in [0.5, 0.6) is 0 Å². The summed E-state index contributed by atoms with van der Waals surface area (Å²) >= 11 is 0. The van der Waals surface area contributed by atoms with Crippen LogP contribution in [-0.4, -0.2) is 72.7 Å². The van der Waals surface area contributed by atoms with Gasteiger partial charge in [-0.1, -0.05) is 155 Å². The average Bonchev–Trinajstić information content (AvgIpc) is 1.52. The number of fused-ring (bicyclic) bond motifs is 25. The molecule has 105 heavy (non-hydrogen) atoms. The maximum atomic E-state index is 13.1. The summed E-state index contributed by atoms with van der Waals surface area (Å²) in [6.45, 7) is 33.1. The Bertz CT molecular complexity index is 2690. The molecule has 596 valence electrons. The second kappa shape index (κ2) is 33.9. The van der Waals surface area contributed by atoms with Gasteiger partial charge in [0.05, 0.1) is 61.3 Å². The van der Waals surface area contributed by atoms with E-state index >= 15 is 0 Å². The van der Waals surface area contributed by atoms with Crippen molar-refractivity contribution in [3.8, 4) is 0 Å². The predicted octanol–water partition coefficient (Wildman–Crippen LogP) is 22.8. The molecule has 0 spiro atoms. The van der Waals surface area contributed by atoms with Crippen LogP contribution in [-0.2, 0) is 47.6 Å². The van der Waals surface area contributed by atoms with Gasteiger partial charge in [-0.3, -0.25) is 19.2 Å². The van der Waals surface area contributed by atoms with Crippen molar-refractivity contribution in [2.24, 2.45) is 189 Å². The molecule has 4 saturated heterocycles. The first-order chi connectivity index (χ1) is 51.0. The molecule has 19 fully saturated rings. The average molecular weight is 1460 g/mol. The van der Waals surface area contributed by atoms with Gasteiger partial charge in [0.15, 0.2) is 0 Å². The molecule has 8 bridgehead atoms. The molecular formula is C95H156O10. The van der Waals surface area contributed by atoms with E-state index in [1.165, 1.54) is 156 Å². The number of esters is 4. The highest BCUT2D eigenvalue weighted by molar-refractivity contribution is 5.77. The van der Waals surface area contributed by atoms with E-state index in [1.54, 1.807) is 51.4 Å². The Balaban J connectivity index is 0.000000108. The highest BCUT2D eigenvalue weighted by Gasteiger charge is 2.70. The molecule has 15 aliphatic carbocycles. The Kier molecular flexibility index (Phi) is 25.6. The lowest BCUT2D eigenvalue weighted by Crippen LogP contribution is -2.39. The van der Waals surface area contributed by atoms with Gasteiger partial charge in [-0.15, -0.1) is 0 Å². The zero-order valence-corrected chi connectivity index (χ0v) is 69.4. The monoisotopic (exact) mass is 1460 g/mol. The second-order valence-electron chi connectivity index (χ2n) is 40.1. The highest BCUT2D eigenvalue weighted by atomic mass is 16.6.